The van der Waals surface area contributed by atoms with Crippen molar-refractivity contribution in [1.82, 2.24) is 0 Å². The lowest BCUT2D eigenvalue weighted by molar-refractivity contribution is -0.159. The van der Waals surface area contributed by atoms with Crippen LogP contribution in [0.2, 0.25) is 0 Å². The molecule has 6 nitrogen and oxygen atoms in total. The molecule has 1 fully saturated rings. The van der Waals surface area contributed by atoms with Crippen LogP contribution in [0.1, 0.15) is 53.9 Å². The van der Waals surface area contributed by atoms with Gasteiger partial charge >= 0.3 is 5.97 Å². The maximum absolute atomic E-state index is 12.9. The van der Waals surface area contributed by atoms with Crippen molar-refractivity contribution in [2.24, 2.45) is 11.3 Å². The Morgan fingerprint density at radius 1 is 1.31 bits per heavy atom. The molecular weight excluding hydrogens is 372 g/mol. The minimum atomic E-state index is -1.38. The van der Waals surface area contributed by atoms with Crippen LogP contribution in [0.5, 0.6) is 0 Å². The summed E-state index contributed by atoms with van der Waals surface area (Å²) in [6, 6.07) is 0. The molecule has 0 amide bonds. The Hall–Kier alpha value is -1.92. The van der Waals surface area contributed by atoms with Crippen molar-refractivity contribution in [1.29, 1.82) is 0 Å². The van der Waals surface area contributed by atoms with E-state index in [1.165, 1.54) is 14.2 Å². The molecule has 0 bridgehead atoms. The van der Waals surface area contributed by atoms with E-state index in [2.05, 4.69) is 6.58 Å². The summed E-state index contributed by atoms with van der Waals surface area (Å²) >= 11 is 0. The summed E-state index contributed by atoms with van der Waals surface area (Å²) in [5.41, 5.74) is -0.814. The number of hydrogen-bond donors (Lipinski definition) is 1. The van der Waals surface area contributed by atoms with E-state index >= 15 is 0 Å². The lowest BCUT2D eigenvalue weighted by Gasteiger charge is -2.27. The van der Waals surface area contributed by atoms with Crippen molar-refractivity contribution < 1.29 is 28.9 Å². The van der Waals surface area contributed by atoms with E-state index in [1.54, 1.807) is 13.8 Å². The van der Waals surface area contributed by atoms with E-state index < -0.39 is 23.1 Å². The van der Waals surface area contributed by atoms with E-state index in [0.29, 0.717) is 18.6 Å². The number of cyclic esters (lactones) is 1. The predicted molar refractivity (Wildman–Crippen MR) is 112 cm³/mol. The zero-order chi connectivity index (χ0) is 22.4. The van der Waals surface area contributed by atoms with Gasteiger partial charge in [-0.2, -0.15) is 0 Å². The Balaban J connectivity index is 2.97. The van der Waals surface area contributed by atoms with E-state index in [-0.39, 0.29) is 24.7 Å². The molecule has 0 unspecified atom stereocenters. The van der Waals surface area contributed by atoms with Gasteiger partial charge in [-0.15, -0.1) is 0 Å². The van der Waals surface area contributed by atoms with E-state index in [1.807, 2.05) is 32.9 Å². The molecule has 0 saturated carbocycles. The average Bonchev–Trinajstić information content (AvgIpc) is 2.80. The Kier molecular flexibility index (Phi) is 8.84. The minimum absolute atomic E-state index is 0.0281. The highest BCUT2D eigenvalue weighted by Gasteiger charge is 2.60. The van der Waals surface area contributed by atoms with Crippen molar-refractivity contribution in [3.05, 3.63) is 35.6 Å². The number of rotatable bonds is 11. The zero-order valence-corrected chi connectivity index (χ0v) is 18.8. The second-order valence-electron chi connectivity index (χ2n) is 8.44. The van der Waals surface area contributed by atoms with Crippen molar-refractivity contribution in [2.45, 2.75) is 65.6 Å². The van der Waals surface area contributed by atoms with Crippen LogP contribution in [0.4, 0.5) is 0 Å². The molecule has 0 aromatic heterocycles. The molecule has 0 aromatic rings. The second-order valence-corrected chi connectivity index (χ2v) is 8.44. The predicted octanol–water partition coefficient (Wildman–Crippen LogP) is 3.74. The first-order valence-electron chi connectivity index (χ1n) is 9.99. The summed E-state index contributed by atoms with van der Waals surface area (Å²) in [7, 11) is 3.00. The van der Waals surface area contributed by atoms with Gasteiger partial charge in [0.2, 0.25) is 5.60 Å². The normalized spacial score (nSPS) is 24.3. The Morgan fingerprint density at radius 3 is 2.38 bits per heavy atom. The molecule has 29 heavy (non-hydrogen) atoms. The van der Waals surface area contributed by atoms with Gasteiger partial charge in [0.05, 0.1) is 32.0 Å². The fourth-order valence-electron chi connectivity index (χ4n) is 3.58. The molecule has 1 N–H and O–H groups in total. The van der Waals surface area contributed by atoms with Gasteiger partial charge in [-0.3, -0.25) is 9.59 Å². The molecule has 1 aliphatic heterocycles. The molecule has 0 spiro atoms. The summed E-state index contributed by atoms with van der Waals surface area (Å²) in [6.07, 6.45) is 4.79. The highest BCUT2D eigenvalue weighted by atomic mass is 16.6. The molecule has 1 heterocycles. The smallest absolute Gasteiger partial charge is 0.320 e. The largest absolute Gasteiger partial charge is 0.501 e. The lowest BCUT2D eigenvalue weighted by atomic mass is 9.80. The molecule has 1 aliphatic rings. The zero-order valence-electron chi connectivity index (χ0n) is 18.8. The summed E-state index contributed by atoms with van der Waals surface area (Å²) < 4.78 is 16.2. The summed E-state index contributed by atoms with van der Waals surface area (Å²) in [5.74, 6) is -0.230. The highest BCUT2D eigenvalue weighted by Crippen LogP contribution is 2.40. The fraction of sp³-hybridized carbons (Fsp3) is 0.652. The Morgan fingerprint density at radius 2 is 1.93 bits per heavy atom. The van der Waals surface area contributed by atoms with Crippen LogP contribution in [-0.4, -0.2) is 49.4 Å². The van der Waals surface area contributed by atoms with Gasteiger partial charge in [-0.05, 0) is 51.2 Å². The Labute approximate surface area is 174 Å². The van der Waals surface area contributed by atoms with Crippen LogP contribution in [-0.2, 0) is 23.8 Å². The van der Waals surface area contributed by atoms with Crippen molar-refractivity contribution in [3.8, 4) is 0 Å². The molecular formula is C23H36O6. The number of carbonyl (C=O) groups excluding carboxylic acids is 2. The number of aliphatic hydroxyl groups is 1. The topological polar surface area (TPSA) is 82.1 Å². The highest BCUT2D eigenvalue weighted by molar-refractivity contribution is 6.12. The standard InChI is InChI=1S/C23H36O6/c1-9-19(24)17(4)11-15(2)10-16(3)12-18(28-8)13-23(14-27-7)20(25)22(5,6)21(26)29-23/h11-12,16,19,24H,2,9-10,13-14H2,1,3-8H3/b17-11+,18-12-/t16-,19-,23-/m0/s1. The molecule has 0 radical (unpaired) electrons. The summed E-state index contributed by atoms with van der Waals surface area (Å²) in [6.45, 7) is 13.0. The monoisotopic (exact) mass is 408 g/mol. The third-order valence-corrected chi connectivity index (χ3v) is 5.28. The Bertz CT molecular complexity index is 687. The molecule has 0 aromatic carbocycles. The third-order valence-electron chi connectivity index (χ3n) is 5.28. The van der Waals surface area contributed by atoms with Gasteiger partial charge in [0, 0.05) is 7.11 Å². The van der Waals surface area contributed by atoms with Gasteiger partial charge in [0.25, 0.3) is 0 Å². The summed E-state index contributed by atoms with van der Waals surface area (Å²) in [4.78, 5) is 25.1. The van der Waals surface area contributed by atoms with Gasteiger partial charge in [-0.1, -0.05) is 32.1 Å². The number of carbonyl (C=O) groups is 2. The molecule has 1 rings (SSSR count). The average molecular weight is 409 g/mol. The lowest BCUT2D eigenvalue weighted by Crippen LogP contribution is -2.44. The molecule has 164 valence electrons. The second kappa shape index (κ2) is 10.2. The van der Waals surface area contributed by atoms with Crippen LogP contribution in [0.15, 0.2) is 35.6 Å². The van der Waals surface area contributed by atoms with Crippen LogP contribution in [0, 0.1) is 11.3 Å². The van der Waals surface area contributed by atoms with Crippen molar-refractivity contribution in [3.63, 3.8) is 0 Å². The number of Topliss-reactive ketones (excluding diaryl/α,β-unsaturated/α-hetero) is 1. The fourth-order valence-corrected chi connectivity index (χ4v) is 3.58. The first-order valence-corrected chi connectivity index (χ1v) is 9.99. The van der Waals surface area contributed by atoms with E-state index in [9.17, 15) is 14.7 Å². The number of allylic oxidation sites excluding steroid dienone is 3. The molecule has 3 atom stereocenters. The van der Waals surface area contributed by atoms with Gasteiger partial charge in [0.15, 0.2) is 5.78 Å². The van der Waals surface area contributed by atoms with Gasteiger partial charge in [0.1, 0.15) is 5.41 Å². The molecule has 0 aliphatic carbocycles. The summed E-state index contributed by atoms with van der Waals surface area (Å²) in [5, 5.41) is 9.89. The minimum Gasteiger partial charge on any atom is -0.501 e. The maximum atomic E-state index is 12.9. The SMILES string of the molecule is C=C(/C=C(\C)[C@@H](O)CC)C[C@H](C)/C=C(/C[C@@]1(COC)OC(=O)C(C)(C)C1=O)OC. The number of hydrogen-bond acceptors (Lipinski definition) is 6. The maximum Gasteiger partial charge on any atom is 0.320 e. The first-order chi connectivity index (χ1) is 13.4. The van der Waals surface area contributed by atoms with Crippen LogP contribution in [0.25, 0.3) is 0 Å². The van der Waals surface area contributed by atoms with Crippen LogP contribution in [0.3, 0.4) is 0 Å². The third kappa shape index (κ3) is 6.03. The van der Waals surface area contributed by atoms with Gasteiger partial charge < -0.3 is 19.3 Å². The van der Waals surface area contributed by atoms with Crippen molar-refractivity contribution >= 4 is 11.8 Å². The molecule has 6 heteroatoms. The van der Waals surface area contributed by atoms with E-state index in [4.69, 9.17) is 14.2 Å². The molecule has 1 saturated heterocycles. The number of aliphatic hydroxyl groups excluding tert-OH is 1. The van der Waals surface area contributed by atoms with Crippen LogP contribution < -0.4 is 0 Å². The number of ether oxygens (including phenoxy) is 3. The number of ketones is 1. The van der Waals surface area contributed by atoms with Gasteiger partial charge in [-0.25, -0.2) is 0 Å². The number of esters is 1. The van der Waals surface area contributed by atoms with E-state index in [0.717, 1.165) is 11.1 Å². The van der Waals surface area contributed by atoms with Crippen LogP contribution >= 0.6 is 0 Å². The quantitative estimate of drug-likeness (QED) is 0.243. The number of methoxy groups -OCH3 is 2. The first kappa shape index (κ1) is 25.1. The van der Waals surface area contributed by atoms with Crippen molar-refractivity contribution in [2.75, 3.05) is 20.8 Å².